The third kappa shape index (κ3) is 3.93. The maximum absolute atomic E-state index is 12.4. The molecule has 6 nitrogen and oxygen atoms in total. The summed E-state index contributed by atoms with van der Waals surface area (Å²) in [5.41, 5.74) is 0.523. The van der Waals surface area contributed by atoms with Crippen molar-refractivity contribution in [3.05, 3.63) is 23.9 Å². The molecule has 1 fully saturated rings. The maximum Gasteiger partial charge on any atom is 0.255 e. The maximum atomic E-state index is 12.4. The Morgan fingerprint density at radius 1 is 1.38 bits per heavy atom. The third-order valence-corrected chi connectivity index (χ3v) is 3.53. The van der Waals surface area contributed by atoms with Gasteiger partial charge in [0.05, 0.1) is 5.56 Å². The van der Waals surface area contributed by atoms with E-state index in [2.05, 4.69) is 17.2 Å². The lowest BCUT2D eigenvalue weighted by molar-refractivity contribution is -0.129. The van der Waals surface area contributed by atoms with Crippen LogP contribution in [0.15, 0.2) is 18.3 Å². The van der Waals surface area contributed by atoms with Gasteiger partial charge in [-0.15, -0.1) is 0 Å². The average molecular weight is 290 g/mol. The number of aromatic nitrogens is 1. The van der Waals surface area contributed by atoms with Gasteiger partial charge in [0.1, 0.15) is 12.4 Å². The second-order valence-electron chi connectivity index (χ2n) is 5.25. The smallest absolute Gasteiger partial charge is 0.255 e. The van der Waals surface area contributed by atoms with Crippen molar-refractivity contribution in [1.29, 1.82) is 0 Å². The van der Waals surface area contributed by atoms with Gasteiger partial charge in [-0.25, -0.2) is 4.98 Å². The van der Waals surface area contributed by atoms with Crippen LogP contribution in [-0.4, -0.2) is 59.8 Å². The molecule has 0 aliphatic carbocycles. The number of hydrogen-bond donors (Lipinski definition) is 1. The first kappa shape index (κ1) is 15.3. The van der Waals surface area contributed by atoms with Crippen LogP contribution in [0.25, 0.3) is 0 Å². The number of nitrogens with zero attached hydrogens (tertiary/aromatic N) is 3. The molecule has 1 aromatic rings. The second-order valence-corrected chi connectivity index (χ2v) is 5.25. The average Bonchev–Trinajstić information content (AvgIpc) is 2.67. The van der Waals surface area contributed by atoms with Crippen molar-refractivity contribution < 1.29 is 9.59 Å². The molecule has 0 saturated carbocycles. The van der Waals surface area contributed by atoms with Gasteiger partial charge in [0.15, 0.2) is 0 Å². The predicted molar refractivity (Wildman–Crippen MR) is 81.2 cm³/mol. The van der Waals surface area contributed by atoms with Crippen LogP contribution in [0.2, 0.25) is 0 Å². The number of amides is 2. The highest BCUT2D eigenvalue weighted by Gasteiger charge is 2.23. The third-order valence-electron chi connectivity index (χ3n) is 3.53. The van der Waals surface area contributed by atoms with Crippen LogP contribution in [0.4, 0.5) is 5.82 Å². The standard InChI is InChI=1S/C15H22N4O2/c1-3-7-16-13-6-5-12(10-17-13)15(21)19-9-4-8-18(2)14(20)11-19/h5-6,10H,3-4,7-9,11H2,1-2H3,(H,16,17). The van der Waals surface area contributed by atoms with Gasteiger partial charge in [-0.2, -0.15) is 0 Å². The summed E-state index contributed by atoms with van der Waals surface area (Å²) < 4.78 is 0. The molecule has 1 N–H and O–H groups in total. The first-order chi connectivity index (χ1) is 10.1. The SMILES string of the molecule is CCCNc1ccc(C(=O)N2CCCN(C)C(=O)C2)cn1. The van der Waals surface area contributed by atoms with E-state index in [9.17, 15) is 9.59 Å². The molecule has 1 saturated heterocycles. The van der Waals surface area contributed by atoms with Gasteiger partial charge in [0, 0.05) is 32.9 Å². The van der Waals surface area contributed by atoms with Gasteiger partial charge in [0.25, 0.3) is 5.91 Å². The van der Waals surface area contributed by atoms with Gasteiger partial charge in [-0.3, -0.25) is 9.59 Å². The molecule has 2 amide bonds. The Kier molecular flexibility index (Phi) is 5.14. The van der Waals surface area contributed by atoms with Crippen molar-refractivity contribution in [3.8, 4) is 0 Å². The molecule has 1 aromatic heterocycles. The molecule has 0 aromatic carbocycles. The molecular formula is C15H22N4O2. The van der Waals surface area contributed by atoms with Crippen LogP contribution in [0, 0.1) is 0 Å². The predicted octanol–water partition coefficient (Wildman–Crippen LogP) is 1.21. The highest BCUT2D eigenvalue weighted by atomic mass is 16.2. The highest BCUT2D eigenvalue weighted by Crippen LogP contribution is 2.11. The lowest BCUT2D eigenvalue weighted by Gasteiger charge is -2.19. The molecule has 0 radical (unpaired) electrons. The minimum atomic E-state index is -0.131. The summed E-state index contributed by atoms with van der Waals surface area (Å²) in [6.45, 7) is 4.38. The zero-order valence-corrected chi connectivity index (χ0v) is 12.6. The number of rotatable bonds is 4. The van der Waals surface area contributed by atoms with Crippen molar-refractivity contribution in [2.75, 3.05) is 38.5 Å². The molecule has 21 heavy (non-hydrogen) atoms. The normalized spacial score (nSPS) is 15.8. The summed E-state index contributed by atoms with van der Waals surface area (Å²) in [5, 5.41) is 3.17. The van der Waals surface area contributed by atoms with E-state index in [0.29, 0.717) is 18.7 Å². The van der Waals surface area contributed by atoms with Crippen molar-refractivity contribution in [2.24, 2.45) is 0 Å². The Balaban J connectivity index is 2.03. The fourth-order valence-corrected chi connectivity index (χ4v) is 2.22. The van der Waals surface area contributed by atoms with Gasteiger partial charge in [0.2, 0.25) is 5.91 Å². The molecule has 6 heteroatoms. The van der Waals surface area contributed by atoms with E-state index in [-0.39, 0.29) is 18.4 Å². The minimum absolute atomic E-state index is 0.0185. The quantitative estimate of drug-likeness (QED) is 0.905. The number of anilines is 1. The molecular weight excluding hydrogens is 268 g/mol. The Labute approximate surface area is 125 Å². The van der Waals surface area contributed by atoms with Crippen LogP contribution >= 0.6 is 0 Å². The van der Waals surface area contributed by atoms with E-state index in [1.165, 1.54) is 0 Å². The highest BCUT2D eigenvalue weighted by molar-refractivity contribution is 5.96. The fraction of sp³-hybridized carbons (Fsp3) is 0.533. The number of carbonyl (C=O) groups is 2. The lowest BCUT2D eigenvalue weighted by Crippen LogP contribution is -2.38. The molecule has 0 atom stereocenters. The molecule has 0 spiro atoms. The number of likely N-dealkylation sites (N-methyl/N-ethyl adjacent to an activating group) is 1. The summed E-state index contributed by atoms with van der Waals surface area (Å²) >= 11 is 0. The van der Waals surface area contributed by atoms with Crippen LogP contribution < -0.4 is 5.32 Å². The van der Waals surface area contributed by atoms with E-state index in [1.54, 1.807) is 35.2 Å². The summed E-state index contributed by atoms with van der Waals surface area (Å²) in [7, 11) is 1.77. The molecule has 1 aliphatic rings. The van der Waals surface area contributed by atoms with Crippen LogP contribution in [-0.2, 0) is 4.79 Å². The van der Waals surface area contributed by atoms with Crippen molar-refractivity contribution in [3.63, 3.8) is 0 Å². The Morgan fingerprint density at radius 3 is 2.86 bits per heavy atom. The summed E-state index contributed by atoms with van der Waals surface area (Å²) in [4.78, 5) is 31.8. The zero-order valence-electron chi connectivity index (χ0n) is 12.6. The minimum Gasteiger partial charge on any atom is -0.370 e. The molecule has 0 unspecified atom stereocenters. The van der Waals surface area contributed by atoms with Gasteiger partial charge in [-0.05, 0) is 25.0 Å². The summed E-state index contributed by atoms with van der Waals surface area (Å²) in [6.07, 6.45) is 3.39. The molecule has 2 rings (SSSR count). The Morgan fingerprint density at radius 2 is 2.19 bits per heavy atom. The number of hydrogen-bond acceptors (Lipinski definition) is 4. The van der Waals surface area contributed by atoms with Crippen LogP contribution in [0.3, 0.4) is 0 Å². The first-order valence-corrected chi connectivity index (χ1v) is 7.35. The van der Waals surface area contributed by atoms with Crippen molar-refractivity contribution in [2.45, 2.75) is 19.8 Å². The summed E-state index contributed by atoms with van der Waals surface area (Å²) in [6, 6.07) is 3.56. The van der Waals surface area contributed by atoms with E-state index in [4.69, 9.17) is 0 Å². The molecule has 1 aliphatic heterocycles. The van der Waals surface area contributed by atoms with E-state index in [1.807, 2.05) is 0 Å². The largest absolute Gasteiger partial charge is 0.370 e. The fourth-order valence-electron chi connectivity index (χ4n) is 2.22. The number of carbonyl (C=O) groups excluding carboxylic acids is 2. The Hall–Kier alpha value is -2.11. The van der Waals surface area contributed by atoms with Crippen LogP contribution in [0.1, 0.15) is 30.1 Å². The summed E-state index contributed by atoms with van der Waals surface area (Å²) in [5.74, 6) is 0.614. The van der Waals surface area contributed by atoms with Crippen molar-refractivity contribution in [1.82, 2.24) is 14.8 Å². The molecule has 2 heterocycles. The van der Waals surface area contributed by atoms with Gasteiger partial charge < -0.3 is 15.1 Å². The lowest BCUT2D eigenvalue weighted by atomic mass is 10.2. The van der Waals surface area contributed by atoms with Crippen LogP contribution in [0.5, 0.6) is 0 Å². The first-order valence-electron chi connectivity index (χ1n) is 7.35. The Bertz CT molecular complexity index is 501. The molecule has 0 bridgehead atoms. The van der Waals surface area contributed by atoms with E-state index < -0.39 is 0 Å². The zero-order chi connectivity index (χ0) is 15.2. The number of pyridine rings is 1. The van der Waals surface area contributed by atoms with E-state index in [0.717, 1.165) is 25.2 Å². The second kappa shape index (κ2) is 7.06. The van der Waals surface area contributed by atoms with Gasteiger partial charge in [-0.1, -0.05) is 6.92 Å². The van der Waals surface area contributed by atoms with Gasteiger partial charge >= 0.3 is 0 Å². The number of nitrogens with one attached hydrogen (secondary N) is 1. The van der Waals surface area contributed by atoms with E-state index >= 15 is 0 Å². The monoisotopic (exact) mass is 290 g/mol. The topological polar surface area (TPSA) is 65.5 Å². The van der Waals surface area contributed by atoms with Crippen molar-refractivity contribution >= 4 is 17.6 Å². The molecule has 114 valence electrons.